The minimum absolute atomic E-state index is 0.913. The maximum absolute atomic E-state index is 6.21. The Morgan fingerprint density at radius 1 is 1.00 bits per heavy atom. The fourth-order valence-electron chi connectivity index (χ4n) is 3.08. The third kappa shape index (κ3) is 1.90. The first-order chi connectivity index (χ1) is 11.3. The van der Waals surface area contributed by atoms with Gasteiger partial charge in [0.1, 0.15) is 11.2 Å². The summed E-state index contributed by atoms with van der Waals surface area (Å²) in [4.78, 5) is 4.56. The van der Waals surface area contributed by atoms with Crippen molar-refractivity contribution in [1.29, 1.82) is 0 Å². The van der Waals surface area contributed by atoms with E-state index in [1.54, 1.807) is 11.3 Å². The zero-order chi connectivity index (χ0) is 15.4. The zero-order valence-electron chi connectivity index (χ0n) is 12.5. The molecule has 0 bridgehead atoms. The summed E-state index contributed by atoms with van der Waals surface area (Å²) in [6.45, 7) is 2.05. The second kappa shape index (κ2) is 4.67. The van der Waals surface area contributed by atoms with E-state index in [9.17, 15) is 0 Å². The third-order valence-corrected chi connectivity index (χ3v) is 5.14. The van der Waals surface area contributed by atoms with Gasteiger partial charge in [-0.05, 0) is 53.6 Å². The summed E-state index contributed by atoms with van der Waals surface area (Å²) < 4.78 is 7.50. The number of para-hydroxylation sites is 1. The van der Waals surface area contributed by atoms with Gasteiger partial charge in [-0.15, -0.1) is 11.3 Å². The fraction of sp³-hybridized carbons (Fsp3) is 0.0500. The van der Waals surface area contributed by atoms with Crippen molar-refractivity contribution in [1.82, 2.24) is 4.98 Å². The van der Waals surface area contributed by atoms with Crippen LogP contribution >= 0.6 is 11.3 Å². The molecule has 5 aromatic rings. The number of aromatic nitrogens is 1. The van der Waals surface area contributed by atoms with Crippen molar-refractivity contribution in [3.05, 3.63) is 65.7 Å². The Bertz CT molecular complexity index is 1170. The molecule has 0 amide bonds. The first-order valence-electron chi connectivity index (χ1n) is 7.55. The topological polar surface area (TPSA) is 26.0 Å². The van der Waals surface area contributed by atoms with Gasteiger partial charge in [-0.1, -0.05) is 18.2 Å². The van der Waals surface area contributed by atoms with E-state index in [-0.39, 0.29) is 0 Å². The predicted octanol–water partition coefficient (Wildman–Crippen LogP) is 6.17. The lowest BCUT2D eigenvalue weighted by atomic mass is 10.1. The summed E-state index contributed by atoms with van der Waals surface area (Å²) in [6, 6.07) is 16.9. The van der Waals surface area contributed by atoms with Gasteiger partial charge in [0.25, 0.3) is 0 Å². The molecule has 110 valence electrons. The van der Waals surface area contributed by atoms with Gasteiger partial charge in [0.15, 0.2) is 0 Å². The van der Waals surface area contributed by atoms with Crippen molar-refractivity contribution in [2.24, 2.45) is 0 Å². The highest BCUT2D eigenvalue weighted by Crippen LogP contribution is 2.37. The maximum atomic E-state index is 6.21. The Labute approximate surface area is 137 Å². The molecule has 23 heavy (non-hydrogen) atoms. The Balaban J connectivity index is 1.87. The first kappa shape index (κ1) is 12.9. The maximum Gasteiger partial charge on any atom is 0.144 e. The molecule has 0 N–H and O–H groups in total. The van der Waals surface area contributed by atoms with Crippen LogP contribution in [-0.2, 0) is 0 Å². The largest absolute Gasteiger partial charge is 0.455 e. The highest BCUT2D eigenvalue weighted by atomic mass is 32.1. The number of hydrogen-bond acceptors (Lipinski definition) is 3. The molecule has 0 spiro atoms. The van der Waals surface area contributed by atoms with Gasteiger partial charge in [0.05, 0.1) is 5.69 Å². The molecule has 3 heteroatoms. The van der Waals surface area contributed by atoms with Crippen molar-refractivity contribution in [3.8, 4) is 11.3 Å². The summed E-state index contributed by atoms with van der Waals surface area (Å²) in [5, 5.41) is 5.67. The molecule has 3 heterocycles. The van der Waals surface area contributed by atoms with E-state index in [1.165, 1.54) is 15.5 Å². The van der Waals surface area contributed by atoms with E-state index in [0.717, 1.165) is 33.4 Å². The van der Waals surface area contributed by atoms with Crippen LogP contribution in [0.1, 0.15) is 5.56 Å². The number of fused-ring (bicyclic) bond motifs is 4. The molecule has 0 radical (unpaired) electrons. The SMILES string of the molecule is Cc1ccc(-c2cccc3c2oc2cc4ccsc4cc23)nc1. The van der Waals surface area contributed by atoms with Gasteiger partial charge in [-0.25, -0.2) is 0 Å². The van der Waals surface area contributed by atoms with Crippen LogP contribution < -0.4 is 0 Å². The molecule has 0 atom stereocenters. The minimum atomic E-state index is 0.913. The van der Waals surface area contributed by atoms with Crippen molar-refractivity contribution >= 4 is 43.4 Å². The average Bonchev–Trinajstić information content (AvgIpc) is 3.16. The highest BCUT2D eigenvalue weighted by Gasteiger charge is 2.13. The highest BCUT2D eigenvalue weighted by molar-refractivity contribution is 7.17. The van der Waals surface area contributed by atoms with E-state index < -0.39 is 0 Å². The Morgan fingerprint density at radius 3 is 2.83 bits per heavy atom. The Morgan fingerprint density at radius 2 is 1.96 bits per heavy atom. The summed E-state index contributed by atoms with van der Waals surface area (Å²) in [6.07, 6.45) is 1.90. The van der Waals surface area contributed by atoms with Gasteiger partial charge in [0, 0.05) is 27.2 Å². The van der Waals surface area contributed by atoms with E-state index in [0.29, 0.717) is 0 Å². The second-order valence-corrected chi connectivity index (χ2v) is 6.76. The van der Waals surface area contributed by atoms with Crippen molar-refractivity contribution in [2.45, 2.75) is 6.92 Å². The third-order valence-electron chi connectivity index (χ3n) is 4.26. The fourth-order valence-corrected chi connectivity index (χ4v) is 3.89. The first-order valence-corrected chi connectivity index (χ1v) is 8.43. The summed E-state index contributed by atoms with van der Waals surface area (Å²) in [5.74, 6) is 0. The number of rotatable bonds is 1. The molecule has 0 saturated heterocycles. The zero-order valence-corrected chi connectivity index (χ0v) is 13.4. The average molecular weight is 315 g/mol. The Kier molecular flexibility index (Phi) is 2.61. The van der Waals surface area contributed by atoms with Gasteiger partial charge in [0.2, 0.25) is 0 Å². The molecule has 3 aromatic heterocycles. The number of hydrogen-bond donors (Lipinski definition) is 0. The van der Waals surface area contributed by atoms with Crippen molar-refractivity contribution in [3.63, 3.8) is 0 Å². The van der Waals surface area contributed by atoms with Crippen LogP contribution in [0.15, 0.2) is 64.5 Å². The lowest BCUT2D eigenvalue weighted by Crippen LogP contribution is -1.84. The standard InChI is InChI=1S/C20H13NOS/c1-12-5-6-17(21-11-12)15-4-2-3-14-16-10-19-13(7-8-23-19)9-18(16)22-20(14)15/h2-11H,1H3. The molecule has 0 aliphatic carbocycles. The summed E-state index contributed by atoms with van der Waals surface area (Å²) >= 11 is 1.76. The van der Waals surface area contributed by atoms with E-state index in [4.69, 9.17) is 4.42 Å². The van der Waals surface area contributed by atoms with Gasteiger partial charge < -0.3 is 4.42 Å². The van der Waals surface area contributed by atoms with Crippen LogP contribution in [0.25, 0.3) is 43.3 Å². The van der Waals surface area contributed by atoms with Gasteiger partial charge in [-0.2, -0.15) is 0 Å². The quantitative estimate of drug-likeness (QED) is 0.369. The molecular formula is C20H13NOS. The van der Waals surface area contributed by atoms with Crippen LogP contribution in [0.2, 0.25) is 0 Å². The van der Waals surface area contributed by atoms with Gasteiger partial charge in [-0.3, -0.25) is 4.98 Å². The molecule has 0 unspecified atom stereocenters. The van der Waals surface area contributed by atoms with Crippen molar-refractivity contribution < 1.29 is 4.42 Å². The molecule has 0 aliphatic rings. The summed E-state index contributed by atoms with van der Waals surface area (Å²) in [7, 11) is 0. The summed E-state index contributed by atoms with van der Waals surface area (Å²) in [5.41, 5.74) is 5.00. The smallest absolute Gasteiger partial charge is 0.144 e. The minimum Gasteiger partial charge on any atom is -0.455 e. The van der Waals surface area contributed by atoms with E-state index in [2.05, 4.69) is 58.9 Å². The molecular weight excluding hydrogens is 302 g/mol. The number of furan rings is 1. The normalized spacial score (nSPS) is 11.7. The number of benzene rings is 2. The molecule has 0 fully saturated rings. The number of aryl methyl sites for hydroxylation is 1. The lowest BCUT2D eigenvalue weighted by molar-refractivity contribution is 0.670. The number of pyridine rings is 1. The monoisotopic (exact) mass is 315 g/mol. The van der Waals surface area contributed by atoms with E-state index in [1.807, 2.05) is 13.1 Å². The second-order valence-electron chi connectivity index (χ2n) is 5.81. The lowest BCUT2D eigenvalue weighted by Gasteiger charge is -2.02. The molecule has 2 nitrogen and oxygen atoms in total. The molecule has 0 saturated carbocycles. The molecule has 5 rings (SSSR count). The predicted molar refractivity (Wildman–Crippen MR) is 97.1 cm³/mol. The van der Waals surface area contributed by atoms with Crippen LogP contribution in [-0.4, -0.2) is 4.98 Å². The number of nitrogens with zero attached hydrogens (tertiary/aromatic N) is 1. The van der Waals surface area contributed by atoms with E-state index >= 15 is 0 Å². The van der Waals surface area contributed by atoms with Crippen LogP contribution in [0, 0.1) is 6.92 Å². The molecule has 0 aliphatic heterocycles. The Hall–Kier alpha value is -2.65. The molecule has 2 aromatic carbocycles. The number of thiophene rings is 1. The van der Waals surface area contributed by atoms with Crippen LogP contribution in [0.4, 0.5) is 0 Å². The van der Waals surface area contributed by atoms with Gasteiger partial charge >= 0.3 is 0 Å². The van der Waals surface area contributed by atoms with Crippen molar-refractivity contribution in [2.75, 3.05) is 0 Å². The van der Waals surface area contributed by atoms with Crippen LogP contribution in [0.3, 0.4) is 0 Å². The van der Waals surface area contributed by atoms with Crippen LogP contribution in [0.5, 0.6) is 0 Å².